The summed E-state index contributed by atoms with van der Waals surface area (Å²) in [6, 6.07) is 10.1. The molecule has 1 N–H and O–H groups in total. The Bertz CT molecular complexity index is 1140. The average Bonchev–Trinajstić information content (AvgIpc) is 2.82. The van der Waals surface area contributed by atoms with E-state index in [1.807, 2.05) is 51.4 Å². The third-order valence-electron chi connectivity index (χ3n) is 5.83. The molecule has 1 saturated heterocycles. The third-order valence-corrected chi connectivity index (χ3v) is 5.83. The molecule has 9 nitrogen and oxygen atoms in total. The molecule has 0 aliphatic carbocycles. The Morgan fingerprint density at radius 3 is 2.74 bits per heavy atom. The van der Waals surface area contributed by atoms with Crippen molar-refractivity contribution in [3.8, 4) is 23.0 Å². The van der Waals surface area contributed by atoms with Gasteiger partial charge in [-0.3, -0.25) is 0 Å². The Hall–Kier alpha value is -3.01. The van der Waals surface area contributed by atoms with Gasteiger partial charge < -0.3 is 29.1 Å². The van der Waals surface area contributed by atoms with E-state index < -0.39 is 0 Å². The van der Waals surface area contributed by atoms with Crippen LogP contribution in [0, 0.1) is 0 Å². The number of anilines is 1. The minimum atomic E-state index is -0.117. The summed E-state index contributed by atoms with van der Waals surface area (Å²) in [6.07, 6.45) is -0.0840. The summed E-state index contributed by atoms with van der Waals surface area (Å²) in [6.45, 7) is 6.77. The Kier molecular flexibility index (Phi) is 7.45. The number of ether oxygens (including phenoxy) is 3. The Balaban J connectivity index is 1.79. The number of hydrogen-bond acceptors (Lipinski definition) is 9. The van der Waals surface area contributed by atoms with Gasteiger partial charge >= 0.3 is 6.01 Å². The van der Waals surface area contributed by atoms with Crippen LogP contribution >= 0.6 is 0 Å². The molecule has 0 saturated carbocycles. The number of benzene rings is 1. The topological polar surface area (TPSA) is 93.1 Å². The molecule has 1 aromatic carbocycles. The average molecular weight is 468 g/mol. The molecule has 1 aliphatic rings. The number of aliphatic hydroxyl groups excluding tert-OH is 1. The van der Waals surface area contributed by atoms with E-state index in [2.05, 4.69) is 21.7 Å². The minimum Gasteiger partial charge on any atom is -0.496 e. The van der Waals surface area contributed by atoms with Crippen molar-refractivity contribution in [2.75, 3.05) is 52.4 Å². The second kappa shape index (κ2) is 10.5. The fourth-order valence-electron chi connectivity index (χ4n) is 4.24. The van der Waals surface area contributed by atoms with Crippen LogP contribution in [0.1, 0.15) is 19.4 Å². The first kappa shape index (κ1) is 24.1. The number of hydrogen-bond donors (Lipinski definition) is 1. The molecule has 0 bridgehead atoms. The van der Waals surface area contributed by atoms with Crippen LogP contribution in [0.15, 0.2) is 30.3 Å². The zero-order valence-corrected chi connectivity index (χ0v) is 20.5. The molecule has 1 aliphatic heterocycles. The van der Waals surface area contributed by atoms with E-state index in [1.165, 1.54) is 0 Å². The van der Waals surface area contributed by atoms with Gasteiger partial charge in [-0.2, -0.15) is 9.97 Å². The Morgan fingerprint density at radius 2 is 2.03 bits per heavy atom. The van der Waals surface area contributed by atoms with Crippen LogP contribution in [0.25, 0.3) is 22.3 Å². The van der Waals surface area contributed by atoms with E-state index in [4.69, 9.17) is 24.2 Å². The van der Waals surface area contributed by atoms with Gasteiger partial charge in [-0.25, -0.2) is 4.98 Å². The predicted molar refractivity (Wildman–Crippen MR) is 132 cm³/mol. The highest BCUT2D eigenvalue weighted by molar-refractivity contribution is 5.89. The zero-order chi connectivity index (χ0) is 24.2. The van der Waals surface area contributed by atoms with Gasteiger partial charge in [0.05, 0.1) is 44.1 Å². The second-order valence-corrected chi connectivity index (χ2v) is 8.89. The Morgan fingerprint density at radius 1 is 1.21 bits per heavy atom. The number of pyridine rings is 1. The van der Waals surface area contributed by atoms with Gasteiger partial charge in [0.2, 0.25) is 0 Å². The van der Waals surface area contributed by atoms with Crippen molar-refractivity contribution in [2.24, 2.45) is 0 Å². The van der Waals surface area contributed by atoms with Gasteiger partial charge in [0.15, 0.2) is 5.65 Å². The van der Waals surface area contributed by atoms with Crippen LogP contribution in [-0.4, -0.2) is 84.6 Å². The number of fused-ring (bicyclic) bond motifs is 1. The SMILES string of the molecule is COc1ccc(-c2ccc3c(N4CCOC[C@@H]4C)nc(OC(C)CN(C)C)nc3n2)cc1CO. The fourth-order valence-corrected chi connectivity index (χ4v) is 4.24. The standard InChI is InChI=1S/C25H33N5O4/c1-16-15-33-11-10-30(16)24-20-7-8-21(18-6-9-22(32-5)19(12-18)14-31)26-23(20)27-25(28-24)34-17(2)13-29(3)4/h6-9,12,16-17,31H,10-11,13-15H2,1-5H3/t16-,17?/m0/s1. The van der Waals surface area contributed by atoms with Crippen molar-refractivity contribution in [3.63, 3.8) is 0 Å². The molecular formula is C25H33N5O4. The van der Waals surface area contributed by atoms with Crippen LogP contribution < -0.4 is 14.4 Å². The van der Waals surface area contributed by atoms with Crippen molar-refractivity contribution in [1.82, 2.24) is 19.9 Å². The van der Waals surface area contributed by atoms with E-state index in [0.29, 0.717) is 36.2 Å². The van der Waals surface area contributed by atoms with E-state index >= 15 is 0 Å². The summed E-state index contributed by atoms with van der Waals surface area (Å²) in [5.74, 6) is 1.45. The lowest BCUT2D eigenvalue weighted by atomic mass is 10.1. The molecule has 0 radical (unpaired) electrons. The maximum absolute atomic E-state index is 9.72. The number of aliphatic hydroxyl groups is 1. The molecule has 0 spiro atoms. The molecule has 0 amide bonds. The third kappa shape index (κ3) is 5.22. The van der Waals surface area contributed by atoms with Crippen molar-refractivity contribution in [1.29, 1.82) is 0 Å². The highest BCUT2D eigenvalue weighted by atomic mass is 16.5. The van der Waals surface area contributed by atoms with Crippen molar-refractivity contribution in [3.05, 3.63) is 35.9 Å². The number of methoxy groups -OCH3 is 1. The van der Waals surface area contributed by atoms with E-state index in [-0.39, 0.29) is 18.8 Å². The van der Waals surface area contributed by atoms with Crippen LogP contribution in [0.2, 0.25) is 0 Å². The zero-order valence-electron chi connectivity index (χ0n) is 20.5. The number of aromatic nitrogens is 3. The van der Waals surface area contributed by atoms with Gasteiger partial charge in [0.25, 0.3) is 0 Å². The first-order chi connectivity index (χ1) is 16.4. The maximum Gasteiger partial charge on any atom is 0.320 e. The first-order valence-electron chi connectivity index (χ1n) is 11.5. The van der Waals surface area contributed by atoms with Crippen molar-refractivity contribution < 1.29 is 19.3 Å². The minimum absolute atomic E-state index is 0.0840. The maximum atomic E-state index is 9.72. The normalized spacial score (nSPS) is 17.3. The summed E-state index contributed by atoms with van der Waals surface area (Å²) in [5, 5.41) is 10.6. The van der Waals surface area contributed by atoms with Crippen LogP contribution in [0.5, 0.6) is 11.8 Å². The first-order valence-corrected chi connectivity index (χ1v) is 11.5. The van der Waals surface area contributed by atoms with Crippen LogP contribution in [0.3, 0.4) is 0 Å². The van der Waals surface area contributed by atoms with E-state index in [1.54, 1.807) is 7.11 Å². The van der Waals surface area contributed by atoms with Gasteiger partial charge in [-0.1, -0.05) is 0 Å². The molecule has 9 heteroatoms. The van der Waals surface area contributed by atoms with Gasteiger partial charge in [0.1, 0.15) is 17.7 Å². The quantitative estimate of drug-likeness (QED) is 0.537. The Labute approximate surface area is 200 Å². The fraction of sp³-hybridized carbons (Fsp3) is 0.480. The predicted octanol–water partition coefficient (Wildman–Crippen LogP) is 2.75. The number of morpholine rings is 1. The molecule has 3 heterocycles. The lowest BCUT2D eigenvalue weighted by Crippen LogP contribution is -2.44. The molecule has 34 heavy (non-hydrogen) atoms. The summed E-state index contributed by atoms with van der Waals surface area (Å²) in [4.78, 5) is 18.6. The lowest BCUT2D eigenvalue weighted by Gasteiger charge is -2.34. The molecule has 1 unspecified atom stereocenters. The molecular weight excluding hydrogens is 434 g/mol. The highest BCUT2D eigenvalue weighted by Gasteiger charge is 2.24. The summed E-state index contributed by atoms with van der Waals surface area (Å²) >= 11 is 0. The number of rotatable bonds is 8. The van der Waals surface area contributed by atoms with Gasteiger partial charge in [-0.15, -0.1) is 0 Å². The molecule has 1 fully saturated rings. The molecule has 2 aromatic heterocycles. The van der Waals surface area contributed by atoms with Gasteiger partial charge in [-0.05, 0) is 58.3 Å². The molecule has 3 aromatic rings. The monoisotopic (exact) mass is 467 g/mol. The highest BCUT2D eigenvalue weighted by Crippen LogP contribution is 2.31. The van der Waals surface area contributed by atoms with Gasteiger partial charge in [0, 0.05) is 24.2 Å². The van der Waals surface area contributed by atoms with E-state index in [0.717, 1.165) is 35.6 Å². The number of likely N-dealkylation sites (N-methyl/N-ethyl adjacent to an activating group) is 1. The largest absolute Gasteiger partial charge is 0.496 e. The van der Waals surface area contributed by atoms with Crippen LogP contribution in [0.4, 0.5) is 5.82 Å². The second-order valence-electron chi connectivity index (χ2n) is 8.89. The molecule has 2 atom stereocenters. The van der Waals surface area contributed by atoms with Crippen molar-refractivity contribution >= 4 is 16.9 Å². The number of nitrogens with zero attached hydrogens (tertiary/aromatic N) is 5. The lowest BCUT2D eigenvalue weighted by molar-refractivity contribution is 0.0984. The van der Waals surface area contributed by atoms with Crippen LogP contribution in [-0.2, 0) is 11.3 Å². The summed E-state index contributed by atoms with van der Waals surface area (Å²) in [7, 11) is 5.60. The molecule has 182 valence electrons. The summed E-state index contributed by atoms with van der Waals surface area (Å²) < 4.78 is 17.1. The molecule has 4 rings (SSSR count). The summed E-state index contributed by atoms with van der Waals surface area (Å²) in [5.41, 5.74) is 2.88. The van der Waals surface area contributed by atoms with E-state index in [9.17, 15) is 5.11 Å². The smallest absolute Gasteiger partial charge is 0.320 e. The van der Waals surface area contributed by atoms with Crippen molar-refractivity contribution in [2.45, 2.75) is 32.6 Å².